The Bertz CT molecular complexity index is 1210. The number of H-pyrrole nitrogens is 1. The molecule has 0 spiro atoms. The van der Waals surface area contributed by atoms with E-state index in [1.165, 1.54) is 49.3 Å². The predicted molar refractivity (Wildman–Crippen MR) is 103 cm³/mol. The Morgan fingerprint density at radius 2 is 1.33 bits per heavy atom. The van der Waals surface area contributed by atoms with E-state index in [2.05, 4.69) is 90.8 Å². The van der Waals surface area contributed by atoms with Gasteiger partial charge < -0.3 is 4.98 Å². The van der Waals surface area contributed by atoms with E-state index in [-0.39, 0.29) is 0 Å². The highest BCUT2D eigenvalue weighted by molar-refractivity contribution is 6.08. The van der Waals surface area contributed by atoms with Gasteiger partial charge in [0.15, 0.2) is 0 Å². The highest BCUT2D eigenvalue weighted by atomic mass is 14.7. The summed E-state index contributed by atoms with van der Waals surface area (Å²) in [6.45, 7) is 2.14. The van der Waals surface area contributed by atoms with Crippen LogP contribution in [0.4, 0.5) is 0 Å². The number of aryl methyl sites for hydroxylation is 1. The van der Waals surface area contributed by atoms with Crippen LogP contribution in [0.1, 0.15) is 5.56 Å². The molecule has 114 valence electrons. The first-order valence-corrected chi connectivity index (χ1v) is 8.29. The molecule has 0 amide bonds. The maximum Gasteiger partial charge on any atom is 0.0471 e. The van der Waals surface area contributed by atoms with Gasteiger partial charge in [0.2, 0.25) is 0 Å². The molecule has 0 saturated heterocycles. The molecule has 0 bridgehead atoms. The highest BCUT2D eigenvalue weighted by Crippen LogP contribution is 2.31. The molecule has 0 unspecified atom stereocenters. The Hall–Kier alpha value is -3.06. The maximum atomic E-state index is 3.53. The largest absolute Gasteiger partial charge is 0.354 e. The number of benzene rings is 4. The lowest BCUT2D eigenvalue weighted by Gasteiger charge is -2.06. The van der Waals surface area contributed by atoms with Crippen LogP contribution in [-0.2, 0) is 0 Å². The van der Waals surface area contributed by atoms with Crippen molar-refractivity contribution in [1.29, 1.82) is 0 Å². The first kappa shape index (κ1) is 13.4. The van der Waals surface area contributed by atoms with Crippen LogP contribution >= 0.6 is 0 Å². The molecule has 1 heteroatoms. The van der Waals surface area contributed by atoms with E-state index in [0.29, 0.717) is 0 Å². The van der Waals surface area contributed by atoms with Crippen LogP contribution in [0.2, 0.25) is 0 Å². The van der Waals surface area contributed by atoms with E-state index in [9.17, 15) is 0 Å². The Morgan fingerprint density at radius 3 is 2.29 bits per heavy atom. The van der Waals surface area contributed by atoms with Crippen LogP contribution in [0.5, 0.6) is 0 Å². The summed E-state index contributed by atoms with van der Waals surface area (Å²) >= 11 is 0. The first-order chi connectivity index (χ1) is 11.8. The van der Waals surface area contributed by atoms with E-state index in [4.69, 9.17) is 0 Å². The van der Waals surface area contributed by atoms with E-state index in [1.54, 1.807) is 0 Å². The summed E-state index contributed by atoms with van der Waals surface area (Å²) in [4.78, 5) is 3.53. The fourth-order valence-corrected chi connectivity index (χ4v) is 3.58. The van der Waals surface area contributed by atoms with Crippen LogP contribution < -0.4 is 0 Å². The average molecular weight is 307 g/mol. The fourth-order valence-electron chi connectivity index (χ4n) is 3.58. The van der Waals surface area contributed by atoms with Crippen molar-refractivity contribution in [2.45, 2.75) is 6.92 Å². The Labute approximate surface area is 140 Å². The lowest BCUT2D eigenvalue weighted by molar-refractivity contribution is 1.50. The normalized spacial score (nSPS) is 11.5. The minimum Gasteiger partial charge on any atom is -0.354 e. The van der Waals surface area contributed by atoms with Crippen LogP contribution in [0, 0.1) is 6.92 Å². The standard InChI is InChI=1S/C23H17N/c1-15-6-7-16-8-9-17(13-19(16)12-15)18-10-11-21-20-4-2-3-5-22(20)24-23(21)14-18/h2-14,24H,1H3. The van der Waals surface area contributed by atoms with Gasteiger partial charge >= 0.3 is 0 Å². The quantitative estimate of drug-likeness (QED) is 0.366. The zero-order valence-electron chi connectivity index (χ0n) is 13.5. The van der Waals surface area contributed by atoms with Crippen LogP contribution in [0.15, 0.2) is 78.9 Å². The number of para-hydroxylation sites is 1. The maximum absolute atomic E-state index is 3.53. The van der Waals surface area contributed by atoms with Crippen molar-refractivity contribution in [3.8, 4) is 11.1 Å². The molecule has 5 rings (SSSR count). The van der Waals surface area contributed by atoms with Gasteiger partial charge in [-0.25, -0.2) is 0 Å². The fraction of sp³-hybridized carbons (Fsp3) is 0.0435. The monoisotopic (exact) mass is 307 g/mol. The number of rotatable bonds is 1. The van der Waals surface area contributed by atoms with Crippen molar-refractivity contribution in [3.05, 3.63) is 84.4 Å². The summed E-state index contributed by atoms with van der Waals surface area (Å²) in [5.41, 5.74) is 6.19. The molecule has 0 fully saturated rings. The smallest absolute Gasteiger partial charge is 0.0471 e. The van der Waals surface area contributed by atoms with Gasteiger partial charge in [-0.05, 0) is 47.0 Å². The van der Waals surface area contributed by atoms with Crippen molar-refractivity contribution >= 4 is 32.6 Å². The molecule has 1 aromatic heterocycles. The van der Waals surface area contributed by atoms with Gasteiger partial charge in [0, 0.05) is 21.8 Å². The van der Waals surface area contributed by atoms with E-state index >= 15 is 0 Å². The Morgan fingerprint density at radius 1 is 0.583 bits per heavy atom. The number of nitrogens with one attached hydrogen (secondary N) is 1. The molecule has 1 heterocycles. The van der Waals surface area contributed by atoms with Crippen LogP contribution in [0.25, 0.3) is 43.7 Å². The number of hydrogen-bond donors (Lipinski definition) is 1. The molecule has 24 heavy (non-hydrogen) atoms. The molecular weight excluding hydrogens is 290 g/mol. The SMILES string of the molecule is Cc1ccc2ccc(-c3ccc4c(c3)[nH]c3ccccc34)cc2c1. The first-order valence-electron chi connectivity index (χ1n) is 8.29. The van der Waals surface area contributed by atoms with Crippen molar-refractivity contribution < 1.29 is 0 Å². The van der Waals surface area contributed by atoms with Gasteiger partial charge in [0.1, 0.15) is 0 Å². The molecule has 1 nitrogen and oxygen atoms in total. The highest BCUT2D eigenvalue weighted by Gasteiger charge is 2.06. The van der Waals surface area contributed by atoms with Crippen LogP contribution in [0.3, 0.4) is 0 Å². The van der Waals surface area contributed by atoms with Crippen molar-refractivity contribution in [1.82, 2.24) is 4.98 Å². The minimum atomic E-state index is 1.19. The molecule has 0 aliphatic rings. The van der Waals surface area contributed by atoms with Crippen molar-refractivity contribution in [3.63, 3.8) is 0 Å². The Kier molecular flexibility index (Phi) is 2.77. The molecule has 4 aromatic carbocycles. The lowest BCUT2D eigenvalue weighted by atomic mass is 9.99. The second kappa shape index (κ2) is 4.97. The second-order valence-corrected chi connectivity index (χ2v) is 6.50. The topological polar surface area (TPSA) is 15.8 Å². The molecule has 0 aliphatic carbocycles. The third-order valence-electron chi connectivity index (χ3n) is 4.84. The van der Waals surface area contributed by atoms with Crippen LogP contribution in [-0.4, -0.2) is 4.98 Å². The molecule has 0 aliphatic heterocycles. The van der Waals surface area contributed by atoms with Gasteiger partial charge in [-0.2, -0.15) is 0 Å². The summed E-state index contributed by atoms with van der Waals surface area (Å²) in [5, 5.41) is 5.15. The number of fused-ring (bicyclic) bond motifs is 4. The molecule has 0 saturated carbocycles. The summed E-state index contributed by atoms with van der Waals surface area (Å²) in [6.07, 6.45) is 0. The zero-order valence-corrected chi connectivity index (χ0v) is 13.5. The van der Waals surface area contributed by atoms with Gasteiger partial charge in [-0.15, -0.1) is 0 Å². The summed E-state index contributed by atoms with van der Waals surface area (Å²) in [5.74, 6) is 0. The molecule has 1 N–H and O–H groups in total. The minimum absolute atomic E-state index is 1.19. The third-order valence-corrected chi connectivity index (χ3v) is 4.84. The van der Waals surface area contributed by atoms with Gasteiger partial charge in [-0.3, -0.25) is 0 Å². The van der Waals surface area contributed by atoms with E-state index in [0.717, 1.165) is 0 Å². The van der Waals surface area contributed by atoms with Crippen molar-refractivity contribution in [2.24, 2.45) is 0 Å². The summed E-state index contributed by atoms with van der Waals surface area (Å²) in [6, 6.07) is 28.5. The molecule has 0 radical (unpaired) electrons. The molecule has 5 aromatic rings. The number of aromatic amines is 1. The van der Waals surface area contributed by atoms with E-state index < -0.39 is 0 Å². The van der Waals surface area contributed by atoms with E-state index in [1.807, 2.05) is 0 Å². The zero-order chi connectivity index (χ0) is 16.1. The number of hydrogen-bond acceptors (Lipinski definition) is 0. The second-order valence-electron chi connectivity index (χ2n) is 6.50. The molecule has 0 atom stereocenters. The summed E-state index contributed by atoms with van der Waals surface area (Å²) in [7, 11) is 0. The van der Waals surface area contributed by atoms with Gasteiger partial charge in [0.05, 0.1) is 0 Å². The number of aromatic nitrogens is 1. The Balaban J connectivity index is 1.72. The third kappa shape index (κ3) is 2.02. The molecular formula is C23H17N. The average Bonchev–Trinajstić information content (AvgIpc) is 2.98. The van der Waals surface area contributed by atoms with Crippen molar-refractivity contribution in [2.75, 3.05) is 0 Å². The summed E-state index contributed by atoms with van der Waals surface area (Å²) < 4.78 is 0. The van der Waals surface area contributed by atoms with Gasteiger partial charge in [0.25, 0.3) is 0 Å². The lowest BCUT2D eigenvalue weighted by Crippen LogP contribution is -1.81. The predicted octanol–water partition coefficient (Wildman–Crippen LogP) is 6.45. The van der Waals surface area contributed by atoms with Gasteiger partial charge in [-0.1, -0.05) is 66.2 Å².